The molecule has 0 aliphatic rings. The molecule has 0 aromatic heterocycles. The topological polar surface area (TPSA) is 62.1 Å². The van der Waals surface area contributed by atoms with E-state index < -0.39 is 5.60 Å². The summed E-state index contributed by atoms with van der Waals surface area (Å²) >= 11 is 0. The van der Waals surface area contributed by atoms with E-state index in [9.17, 15) is 4.79 Å². The fourth-order valence-electron chi connectivity index (χ4n) is 1.58. The second kappa shape index (κ2) is 6.35. The van der Waals surface area contributed by atoms with Gasteiger partial charge in [-0.15, -0.1) is 0 Å². The molecule has 0 amide bonds. The minimum absolute atomic E-state index is 0.0280. The summed E-state index contributed by atoms with van der Waals surface area (Å²) in [6, 6.07) is 9.39. The van der Waals surface area contributed by atoms with E-state index in [4.69, 9.17) is 10.00 Å². The minimum atomic E-state index is -0.462. The fraction of sp³-hybridized carbons (Fsp3) is 0.467. The Bertz CT molecular complexity index is 466. The third-order valence-corrected chi connectivity index (χ3v) is 2.51. The summed E-state index contributed by atoms with van der Waals surface area (Å²) in [5.41, 5.74) is 1.20. The van der Waals surface area contributed by atoms with Gasteiger partial charge >= 0.3 is 5.97 Å². The highest BCUT2D eigenvalue weighted by Gasteiger charge is 2.16. The Morgan fingerprint density at radius 1 is 1.37 bits per heavy atom. The van der Waals surface area contributed by atoms with Gasteiger partial charge in [0.1, 0.15) is 5.60 Å². The van der Waals surface area contributed by atoms with Gasteiger partial charge in [-0.25, -0.2) is 0 Å². The largest absolute Gasteiger partial charge is 0.459 e. The number of benzene rings is 1. The highest BCUT2D eigenvalue weighted by atomic mass is 16.6. The first kappa shape index (κ1) is 15.2. The van der Waals surface area contributed by atoms with Gasteiger partial charge in [0.05, 0.1) is 18.2 Å². The molecule has 0 aliphatic heterocycles. The summed E-state index contributed by atoms with van der Waals surface area (Å²) in [4.78, 5) is 11.6. The number of nitrogens with one attached hydrogen (secondary N) is 1. The Kier molecular flexibility index (Phi) is 5.08. The van der Waals surface area contributed by atoms with Crippen molar-refractivity contribution in [2.75, 3.05) is 6.54 Å². The second-order valence-corrected chi connectivity index (χ2v) is 5.42. The van der Waals surface area contributed by atoms with Gasteiger partial charge in [0.15, 0.2) is 0 Å². The van der Waals surface area contributed by atoms with E-state index in [0.717, 1.165) is 5.56 Å². The molecule has 1 rings (SSSR count). The number of nitriles is 1. The van der Waals surface area contributed by atoms with Gasteiger partial charge in [0.25, 0.3) is 0 Å². The molecular formula is C15H20N2O2. The highest BCUT2D eigenvalue weighted by molar-refractivity contribution is 5.72. The minimum Gasteiger partial charge on any atom is -0.459 e. The number of hydrogen-bond acceptors (Lipinski definition) is 4. The summed E-state index contributed by atoms with van der Waals surface area (Å²) in [5.74, 6) is -0.270. The van der Waals surface area contributed by atoms with Gasteiger partial charge in [-0.05, 0) is 45.4 Å². The first-order chi connectivity index (χ1) is 8.81. The van der Waals surface area contributed by atoms with Crippen molar-refractivity contribution in [3.8, 4) is 6.07 Å². The Morgan fingerprint density at radius 3 is 2.42 bits per heavy atom. The van der Waals surface area contributed by atoms with E-state index in [0.29, 0.717) is 5.56 Å². The van der Waals surface area contributed by atoms with Crippen LogP contribution < -0.4 is 5.32 Å². The molecule has 0 aliphatic carbocycles. The SMILES string of the molecule is C[C@@H](NCC(=O)OC(C)(C)C)c1ccc(C#N)cc1. The van der Waals surface area contributed by atoms with Gasteiger partial charge in [-0.2, -0.15) is 5.26 Å². The average molecular weight is 260 g/mol. The van der Waals surface area contributed by atoms with Gasteiger partial charge in [0.2, 0.25) is 0 Å². The van der Waals surface area contributed by atoms with Crippen molar-refractivity contribution in [2.24, 2.45) is 0 Å². The normalized spacial score (nSPS) is 12.6. The molecule has 1 atom stereocenters. The quantitative estimate of drug-likeness (QED) is 0.845. The maximum absolute atomic E-state index is 11.6. The number of rotatable bonds is 4. The molecule has 4 nitrogen and oxygen atoms in total. The lowest BCUT2D eigenvalue weighted by atomic mass is 10.1. The van der Waals surface area contributed by atoms with Crippen LogP contribution in [0.5, 0.6) is 0 Å². The van der Waals surface area contributed by atoms with Crippen LogP contribution in [0.25, 0.3) is 0 Å². The summed E-state index contributed by atoms with van der Waals surface area (Å²) in [6.45, 7) is 7.66. The zero-order valence-corrected chi connectivity index (χ0v) is 11.9. The molecule has 1 N–H and O–H groups in total. The van der Waals surface area contributed by atoms with Crippen molar-refractivity contribution in [1.29, 1.82) is 5.26 Å². The van der Waals surface area contributed by atoms with E-state index in [1.807, 2.05) is 39.8 Å². The summed E-state index contributed by atoms with van der Waals surface area (Å²) in [6.07, 6.45) is 0. The number of carbonyl (C=O) groups is 1. The Labute approximate surface area is 114 Å². The number of nitrogens with zero attached hydrogens (tertiary/aromatic N) is 1. The number of carbonyl (C=O) groups excluding carboxylic acids is 1. The molecule has 4 heteroatoms. The predicted octanol–water partition coefficient (Wildman–Crippen LogP) is 2.55. The lowest BCUT2D eigenvalue weighted by molar-refractivity contribution is -0.153. The van der Waals surface area contributed by atoms with Crippen molar-refractivity contribution < 1.29 is 9.53 Å². The van der Waals surface area contributed by atoms with Crippen molar-refractivity contribution in [3.05, 3.63) is 35.4 Å². The fourth-order valence-corrected chi connectivity index (χ4v) is 1.58. The molecule has 1 aromatic rings. The Hall–Kier alpha value is -1.86. The summed E-state index contributed by atoms with van der Waals surface area (Å²) in [7, 11) is 0. The molecule has 0 unspecified atom stereocenters. The molecule has 0 heterocycles. The van der Waals surface area contributed by atoms with Crippen molar-refractivity contribution in [2.45, 2.75) is 39.3 Å². The van der Waals surface area contributed by atoms with Gasteiger partial charge in [0, 0.05) is 6.04 Å². The smallest absolute Gasteiger partial charge is 0.320 e. The maximum atomic E-state index is 11.6. The van der Waals surface area contributed by atoms with Crippen LogP contribution in [0.1, 0.15) is 44.9 Å². The lowest BCUT2D eigenvalue weighted by Crippen LogP contribution is -2.32. The molecule has 1 aromatic carbocycles. The number of hydrogen-bond donors (Lipinski definition) is 1. The average Bonchev–Trinajstić information content (AvgIpc) is 2.34. The van der Waals surface area contributed by atoms with Gasteiger partial charge in [-0.1, -0.05) is 12.1 Å². The Morgan fingerprint density at radius 2 is 1.95 bits per heavy atom. The van der Waals surface area contributed by atoms with Gasteiger partial charge in [-0.3, -0.25) is 4.79 Å². The molecule has 0 radical (unpaired) electrons. The van der Waals surface area contributed by atoms with Crippen LogP contribution in [0.15, 0.2) is 24.3 Å². The van der Waals surface area contributed by atoms with Crippen LogP contribution in [-0.4, -0.2) is 18.1 Å². The monoisotopic (exact) mass is 260 g/mol. The van der Waals surface area contributed by atoms with E-state index in [-0.39, 0.29) is 18.6 Å². The molecule has 0 spiro atoms. The molecule has 0 saturated carbocycles. The first-order valence-electron chi connectivity index (χ1n) is 6.27. The third-order valence-electron chi connectivity index (χ3n) is 2.51. The first-order valence-corrected chi connectivity index (χ1v) is 6.27. The van der Waals surface area contributed by atoms with E-state index in [2.05, 4.69) is 11.4 Å². The molecule has 0 fully saturated rings. The second-order valence-electron chi connectivity index (χ2n) is 5.42. The number of esters is 1. The third kappa shape index (κ3) is 5.54. The van der Waals surface area contributed by atoms with Crippen LogP contribution in [0, 0.1) is 11.3 Å². The zero-order chi connectivity index (χ0) is 14.5. The predicted molar refractivity (Wildman–Crippen MR) is 73.4 cm³/mol. The Balaban J connectivity index is 2.49. The van der Waals surface area contributed by atoms with Crippen molar-refractivity contribution in [1.82, 2.24) is 5.32 Å². The van der Waals surface area contributed by atoms with E-state index in [1.165, 1.54) is 0 Å². The van der Waals surface area contributed by atoms with Crippen molar-refractivity contribution >= 4 is 5.97 Å². The van der Waals surface area contributed by atoms with Crippen LogP contribution in [0.3, 0.4) is 0 Å². The van der Waals surface area contributed by atoms with Gasteiger partial charge < -0.3 is 10.1 Å². The molecule has 19 heavy (non-hydrogen) atoms. The number of ether oxygens (including phenoxy) is 1. The van der Waals surface area contributed by atoms with Crippen LogP contribution in [0.2, 0.25) is 0 Å². The van der Waals surface area contributed by atoms with E-state index >= 15 is 0 Å². The molecule has 102 valence electrons. The summed E-state index contributed by atoms with van der Waals surface area (Å²) in [5, 5.41) is 11.8. The molecule has 0 saturated heterocycles. The lowest BCUT2D eigenvalue weighted by Gasteiger charge is -2.21. The van der Waals surface area contributed by atoms with Crippen LogP contribution in [0.4, 0.5) is 0 Å². The van der Waals surface area contributed by atoms with E-state index in [1.54, 1.807) is 12.1 Å². The summed E-state index contributed by atoms with van der Waals surface area (Å²) < 4.78 is 5.22. The standard InChI is InChI=1S/C15H20N2O2/c1-11(13-7-5-12(9-16)6-8-13)17-10-14(18)19-15(2,3)4/h5-8,11,17H,10H2,1-4H3/t11-/m1/s1. The molecular weight excluding hydrogens is 240 g/mol. The van der Waals surface area contributed by atoms with Crippen LogP contribution >= 0.6 is 0 Å². The maximum Gasteiger partial charge on any atom is 0.320 e. The zero-order valence-electron chi connectivity index (χ0n) is 11.9. The van der Waals surface area contributed by atoms with Crippen LogP contribution in [-0.2, 0) is 9.53 Å². The molecule has 0 bridgehead atoms. The highest BCUT2D eigenvalue weighted by Crippen LogP contribution is 2.13. The van der Waals surface area contributed by atoms with Crippen molar-refractivity contribution in [3.63, 3.8) is 0 Å².